The van der Waals surface area contributed by atoms with Crippen molar-refractivity contribution >= 4 is 64.0 Å². The highest BCUT2D eigenvalue weighted by molar-refractivity contribution is 7.26. The molecule has 0 unspecified atom stereocenters. The SMILES string of the molecule is c1cncc(-c2cc3cc4occc4cc3c3c2ccc2c4ccccc4sc23)c1. The molecule has 0 radical (unpaired) electrons. The van der Waals surface area contributed by atoms with Crippen LogP contribution in [-0.2, 0) is 0 Å². The van der Waals surface area contributed by atoms with Crippen molar-refractivity contribution in [2.45, 2.75) is 0 Å². The van der Waals surface area contributed by atoms with Crippen LogP contribution in [-0.4, -0.2) is 4.98 Å². The van der Waals surface area contributed by atoms with Gasteiger partial charge in [-0.1, -0.05) is 36.4 Å². The van der Waals surface area contributed by atoms with E-state index in [4.69, 9.17) is 4.42 Å². The van der Waals surface area contributed by atoms with Gasteiger partial charge in [0.25, 0.3) is 0 Å². The van der Waals surface area contributed by atoms with Crippen molar-refractivity contribution in [3.05, 3.63) is 91.5 Å². The second-order valence-electron chi connectivity index (χ2n) is 7.66. The number of thiophene rings is 1. The van der Waals surface area contributed by atoms with Gasteiger partial charge in [0.2, 0.25) is 0 Å². The number of furan rings is 1. The summed E-state index contributed by atoms with van der Waals surface area (Å²) in [5.41, 5.74) is 3.25. The van der Waals surface area contributed by atoms with Gasteiger partial charge in [0, 0.05) is 48.9 Å². The fourth-order valence-corrected chi connectivity index (χ4v) is 5.90. The van der Waals surface area contributed by atoms with Gasteiger partial charge in [0.15, 0.2) is 0 Å². The minimum atomic E-state index is 0.919. The summed E-state index contributed by atoms with van der Waals surface area (Å²) in [6.45, 7) is 0. The zero-order valence-corrected chi connectivity index (χ0v) is 16.7. The Morgan fingerprint density at radius 1 is 0.733 bits per heavy atom. The number of nitrogens with zero attached hydrogens (tertiary/aromatic N) is 1. The van der Waals surface area contributed by atoms with Crippen LogP contribution in [0.1, 0.15) is 0 Å². The maximum absolute atomic E-state index is 5.71. The first kappa shape index (κ1) is 16.1. The Balaban J connectivity index is 1.77. The molecule has 140 valence electrons. The van der Waals surface area contributed by atoms with Crippen molar-refractivity contribution < 1.29 is 4.42 Å². The van der Waals surface area contributed by atoms with E-state index in [0.717, 1.165) is 16.5 Å². The number of fused-ring (bicyclic) bond motifs is 8. The van der Waals surface area contributed by atoms with Crippen molar-refractivity contribution in [2.75, 3.05) is 0 Å². The Hall–Kier alpha value is -3.69. The third-order valence-electron chi connectivity index (χ3n) is 6.00. The summed E-state index contributed by atoms with van der Waals surface area (Å²) in [7, 11) is 0. The normalized spacial score (nSPS) is 12.0. The Labute approximate surface area is 176 Å². The molecular weight excluding hydrogens is 386 g/mol. The molecule has 0 spiro atoms. The Morgan fingerprint density at radius 2 is 1.67 bits per heavy atom. The first-order chi connectivity index (χ1) is 14.9. The summed E-state index contributed by atoms with van der Waals surface area (Å²) < 4.78 is 8.37. The predicted octanol–water partition coefficient (Wildman–Crippen LogP) is 8.17. The van der Waals surface area contributed by atoms with E-state index in [9.17, 15) is 0 Å². The van der Waals surface area contributed by atoms with Gasteiger partial charge in [0.1, 0.15) is 5.58 Å². The number of pyridine rings is 1. The van der Waals surface area contributed by atoms with Crippen molar-refractivity contribution in [3.8, 4) is 11.1 Å². The Bertz CT molecular complexity index is 1740. The third kappa shape index (κ3) is 2.15. The lowest BCUT2D eigenvalue weighted by molar-refractivity contribution is 0.616. The molecule has 0 aliphatic heterocycles. The highest BCUT2D eigenvalue weighted by Gasteiger charge is 2.16. The minimum Gasteiger partial charge on any atom is -0.464 e. The molecule has 0 saturated heterocycles. The van der Waals surface area contributed by atoms with Gasteiger partial charge in [-0.2, -0.15) is 0 Å². The lowest BCUT2D eigenvalue weighted by Crippen LogP contribution is -1.86. The van der Waals surface area contributed by atoms with E-state index >= 15 is 0 Å². The molecule has 2 nitrogen and oxygen atoms in total. The van der Waals surface area contributed by atoms with Crippen LogP contribution >= 0.6 is 11.3 Å². The Kier molecular flexibility index (Phi) is 3.18. The van der Waals surface area contributed by atoms with Gasteiger partial charge in [-0.25, -0.2) is 0 Å². The molecule has 3 aromatic heterocycles. The number of aromatic nitrogens is 1. The molecule has 0 aliphatic carbocycles. The van der Waals surface area contributed by atoms with Crippen LogP contribution in [0.3, 0.4) is 0 Å². The van der Waals surface area contributed by atoms with Crippen LogP contribution in [0.15, 0.2) is 95.9 Å². The first-order valence-electron chi connectivity index (χ1n) is 9.95. The van der Waals surface area contributed by atoms with E-state index in [2.05, 4.69) is 65.6 Å². The van der Waals surface area contributed by atoms with Crippen LogP contribution in [0.2, 0.25) is 0 Å². The second-order valence-corrected chi connectivity index (χ2v) is 8.71. The van der Waals surface area contributed by atoms with E-state index in [1.807, 2.05) is 35.9 Å². The summed E-state index contributed by atoms with van der Waals surface area (Å²) in [4.78, 5) is 4.37. The first-order valence-corrected chi connectivity index (χ1v) is 10.8. The lowest BCUT2D eigenvalue weighted by Gasteiger charge is -2.12. The van der Waals surface area contributed by atoms with Crippen molar-refractivity contribution in [1.82, 2.24) is 4.98 Å². The maximum Gasteiger partial charge on any atom is 0.134 e. The zero-order chi connectivity index (χ0) is 19.7. The smallest absolute Gasteiger partial charge is 0.134 e. The van der Waals surface area contributed by atoms with Crippen LogP contribution < -0.4 is 0 Å². The molecule has 0 amide bonds. The van der Waals surface area contributed by atoms with Crippen molar-refractivity contribution in [2.24, 2.45) is 0 Å². The quantitative estimate of drug-likeness (QED) is 0.259. The Morgan fingerprint density at radius 3 is 2.60 bits per heavy atom. The molecule has 4 aromatic carbocycles. The number of hydrogen-bond donors (Lipinski definition) is 0. The van der Waals surface area contributed by atoms with E-state index < -0.39 is 0 Å². The molecule has 7 rings (SSSR count). The van der Waals surface area contributed by atoms with Crippen molar-refractivity contribution in [3.63, 3.8) is 0 Å². The minimum absolute atomic E-state index is 0.919. The van der Waals surface area contributed by atoms with E-state index in [-0.39, 0.29) is 0 Å². The number of benzene rings is 4. The molecule has 0 aliphatic rings. The van der Waals surface area contributed by atoms with Crippen LogP contribution in [0.5, 0.6) is 0 Å². The van der Waals surface area contributed by atoms with Crippen LogP contribution in [0, 0.1) is 0 Å². The number of rotatable bonds is 1. The topological polar surface area (TPSA) is 26.0 Å². The summed E-state index contributed by atoms with van der Waals surface area (Å²) in [5.74, 6) is 0. The molecule has 0 atom stereocenters. The van der Waals surface area contributed by atoms with Gasteiger partial charge in [-0.3, -0.25) is 4.98 Å². The van der Waals surface area contributed by atoms with Gasteiger partial charge in [-0.05, 0) is 58.1 Å². The highest BCUT2D eigenvalue weighted by atomic mass is 32.1. The standard InChI is InChI=1S/C27H15NOS/c1-2-6-25-19(5-1)21-8-7-20-22(17-4-3-10-28-15-17)13-18-14-24-16(9-11-29-24)12-23(18)26(20)27(21)30-25/h1-15H. The molecule has 30 heavy (non-hydrogen) atoms. The monoisotopic (exact) mass is 401 g/mol. The van der Waals surface area contributed by atoms with Gasteiger partial charge in [-0.15, -0.1) is 11.3 Å². The van der Waals surface area contributed by atoms with Gasteiger partial charge < -0.3 is 4.42 Å². The molecule has 3 heterocycles. The van der Waals surface area contributed by atoms with E-state index in [1.54, 1.807) is 6.26 Å². The molecule has 7 aromatic rings. The maximum atomic E-state index is 5.71. The molecular formula is C27H15NOS. The average Bonchev–Trinajstić information content (AvgIpc) is 3.41. The lowest BCUT2D eigenvalue weighted by atomic mass is 9.92. The largest absolute Gasteiger partial charge is 0.464 e. The van der Waals surface area contributed by atoms with Gasteiger partial charge in [0.05, 0.1) is 6.26 Å². The van der Waals surface area contributed by atoms with E-state index in [1.165, 1.54) is 47.3 Å². The summed E-state index contributed by atoms with van der Waals surface area (Å²) in [6, 6.07) is 26.1. The van der Waals surface area contributed by atoms with Crippen molar-refractivity contribution in [1.29, 1.82) is 0 Å². The zero-order valence-electron chi connectivity index (χ0n) is 15.9. The van der Waals surface area contributed by atoms with E-state index in [0.29, 0.717) is 0 Å². The second kappa shape index (κ2) is 5.91. The average molecular weight is 401 g/mol. The molecule has 0 saturated carbocycles. The van der Waals surface area contributed by atoms with Gasteiger partial charge >= 0.3 is 0 Å². The third-order valence-corrected chi connectivity index (χ3v) is 7.21. The predicted molar refractivity (Wildman–Crippen MR) is 127 cm³/mol. The molecule has 3 heteroatoms. The summed E-state index contributed by atoms with van der Waals surface area (Å²) in [6.07, 6.45) is 5.53. The molecule has 0 N–H and O–H groups in total. The highest BCUT2D eigenvalue weighted by Crippen LogP contribution is 2.44. The number of hydrogen-bond acceptors (Lipinski definition) is 3. The van der Waals surface area contributed by atoms with Crippen LogP contribution in [0.4, 0.5) is 0 Å². The fraction of sp³-hybridized carbons (Fsp3) is 0. The summed E-state index contributed by atoms with van der Waals surface area (Å²) in [5, 5.41) is 8.81. The van der Waals surface area contributed by atoms with Crippen LogP contribution in [0.25, 0.3) is 63.8 Å². The summed E-state index contributed by atoms with van der Waals surface area (Å²) >= 11 is 1.88. The molecule has 0 fully saturated rings. The fourth-order valence-electron chi connectivity index (χ4n) is 4.64. The molecule has 0 bridgehead atoms.